The third-order valence-electron chi connectivity index (χ3n) is 4.72. The number of nitrogens with zero attached hydrogens (tertiary/aromatic N) is 1. The number of benzene rings is 3. The normalized spacial score (nSPS) is 10.2. The van der Waals surface area contributed by atoms with Gasteiger partial charge in [-0.25, -0.2) is 0 Å². The van der Waals surface area contributed by atoms with E-state index in [1.807, 2.05) is 6.07 Å². The summed E-state index contributed by atoms with van der Waals surface area (Å²) in [5, 5.41) is 0. The molecule has 0 aliphatic heterocycles. The summed E-state index contributed by atoms with van der Waals surface area (Å²) >= 11 is 2.84. The van der Waals surface area contributed by atoms with E-state index in [-0.39, 0.29) is 0 Å². The predicted octanol–water partition coefficient (Wildman–Crippen LogP) is 5.18. The van der Waals surface area contributed by atoms with E-state index in [0.29, 0.717) is 4.57 Å². The number of methoxy groups -OCH3 is 1. The molecule has 0 radical (unpaired) electrons. The summed E-state index contributed by atoms with van der Waals surface area (Å²) in [4.78, 5) is 2.38. The van der Waals surface area contributed by atoms with Gasteiger partial charge in [-0.2, -0.15) is 0 Å². The molecule has 0 amide bonds. The van der Waals surface area contributed by atoms with Crippen molar-refractivity contribution in [2.45, 2.75) is 26.9 Å². The molecular formula is C26H25CrNO. The molecule has 0 saturated heterocycles. The van der Waals surface area contributed by atoms with Crippen LogP contribution < -0.4 is 4.90 Å². The van der Waals surface area contributed by atoms with Crippen LogP contribution in [-0.2, 0) is 33.7 Å². The van der Waals surface area contributed by atoms with Gasteiger partial charge < -0.3 is 0 Å². The molecule has 0 unspecified atom stereocenters. The van der Waals surface area contributed by atoms with E-state index in [9.17, 15) is 0 Å². The Hall–Kier alpha value is -2.62. The molecule has 3 aromatic rings. The summed E-state index contributed by atoms with van der Waals surface area (Å²) in [6, 6.07) is 25.7. The first-order chi connectivity index (χ1) is 14.0. The first kappa shape index (κ1) is 21.1. The van der Waals surface area contributed by atoms with Crippen LogP contribution >= 0.6 is 0 Å². The molecule has 0 fully saturated rings. The van der Waals surface area contributed by atoms with Crippen LogP contribution in [0.3, 0.4) is 0 Å². The van der Waals surface area contributed by atoms with Crippen LogP contribution in [0.5, 0.6) is 0 Å². The van der Waals surface area contributed by atoms with E-state index in [1.54, 1.807) is 7.11 Å². The van der Waals surface area contributed by atoms with Crippen molar-refractivity contribution in [3.63, 3.8) is 0 Å². The Balaban J connectivity index is 1.97. The molecule has 0 aromatic heterocycles. The van der Waals surface area contributed by atoms with Crippen LogP contribution in [-0.4, -0.2) is 11.7 Å². The van der Waals surface area contributed by atoms with Gasteiger partial charge in [0.25, 0.3) is 0 Å². The van der Waals surface area contributed by atoms with Gasteiger partial charge in [0, 0.05) is 0 Å². The molecule has 0 saturated carbocycles. The standard InChI is InChI=1S/C26H25NO.Cr/c1-21-10-14-23(15-11-21)19-27(20-24-16-12-22(2)13-17-24)26-9-5-4-7-25(26)8-6-18-28-3;/h4-5,7,9-17H,19-20H2,1-3H3;. The fraction of sp³-hybridized carbons (Fsp3) is 0.192. The van der Waals surface area contributed by atoms with Crippen molar-refractivity contribution in [3.05, 3.63) is 101 Å². The average Bonchev–Trinajstić information content (AvgIpc) is 2.75. The summed E-state index contributed by atoms with van der Waals surface area (Å²) in [5.41, 5.74) is 7.19. The summed E-state index contributed by atoms with van der Waals surface area (Å²) in [6.45, 7) is 5.85. The summed E-state index contributed by atoms with van der Waals surface area (Å²) in [5.74, 6) is 6.30. The number of para-hydroxylation sites is 1. The van der Waals surface area contributed by atoms with Gasteiger partial charge in [-0.15, -0.1) is 0 Å². The fourth-order valence-electron chi connectivity index (χ4n) is 3.08. The third kappa shape index (κ3) is 6.18. The minimum absolute atomic E-state index is 0.587. The molecule has 0 aliphatic carbocycles. The van der Waals surface area contributed by atoms with Gasteiger partial charge in [0.05, 0.1) is 0 Å². The maximum atomic E-state index is 5.16. The Bertz CT molecular complexity index is 979. The van der Waals surface area contributed by atoms with Crippen LogP contribution in [0.2, 0.25) is 0 Å². The van der Waals surface area contributed by atoms with Crippen molar-refractivity contribution in [1.29, 1.82) is 0 Å². The van der Waals surface area contributed by atoms with E-state index in [0.717, 1.165) is 24.3 Å². The Morgan fingerprint density at radius 1 is 0.828 bits per heavy atom. The molecule has 0 bridgehead atoms. The molecule has 0 N–H and O–H groups in total. The SMILES string of the molecule is CO[C](=[Cr])C#Cc1ccccc1N(Cc1ccc(C)cc1)Cc1ccc(C)cc1. The number of ether oxygens (including phenoxy) is 1. The molecular weight excluding hydrogens is 394 g/mol. The van der Waals surface area contributed by atoms with Crippen molar-refractivity contribution in [2.75, 3.05) is 12.0 Å². The summed E-state index contributed by atoms with van der Waals surface area (Å²) in [6.07, 6.45) is 0. The number of rotatable bonds is 6. The van der Waals surface area contributed by atoms with Crippen molar-refractivity contribution in [3.8, 4) is 11.8 Å². The molecule has 3 rings (SSSR count). The topological polar surface area (TPSA) is 12.5 Å². The molecule has 29 heavy (non-hydrogen) atoms. The van der Waals surface area contributed by atoms with E-state index in [2.05, 4.69) is 113 Å². The second-order valence-corrected chi connectivity index (χ2v) is 7.66. The van der Waals surface area contributed by atoms with Gasteiger partial charge in [0.15, 0.2) is 0 Å². The van der Waals surface area contributed by atoms with Crippen LogP contribution in [0.1, 0.15) is 27.8 Å². The van der Waals surface area contributed by atoms with Crippen LogP contribution in [0.15, 0.2) is 72.8 Å². The third-order valence-corrected chi connectivity index (χ3v) is 5.14. The number of hydrogen-bond donors (Lipinski definition) is 0. The van der Waals surface area contributed by atoms with E-state index < -0.39 is 0 Å². The zero-order chi connectivity index (χ0) is 20.6. The number of anilines is 1. The van der Waals surface area contributed by atoms with Crippen molar-refractivity contribution >= 4 is 10.3 Å². The number of aryl methyl sites for hydroxylation is 2. The molecule has 3 heteroatoms. The maximum absolute atomic E-state index is 5.16. The van der Waals surface area contributed by atoms with Crippen LogP contribution in [0.25, 0.3) is 0 Å². The van der Waals surface area contributed by atoms with E-state index in [1.165, 1.54) is 22.3 Å². The Morgan fingerprint density at radius 3 is 1.86 bits per heavy atom. The monoisotopic (exact) mass is 419 g/mol. The number of hydrogen-bond acceptors (Lipinski definition) is 2. The second-order valence-electron chi connectivity index (χ2n) is 7.09. The molecule has 2 nitrogen and oxygen atoms in total. The van der Waals surface area contributed by atoms with Crippen molar-refractivity contribution in [1.82, 2.24) is 0 Å². The zero-order valence-corrected chi connectivity index (χ0v) is 18.4. The van der Waals surface area contributed by atoms with Crippen LogP contribution in [0, 0.1) is 25.7 Å². The molecule has 0 spiro atoms. The van der Waals surface area contributed by atoms with E-state index in [4.69, 9.17) is 4.74 Å². The second kappa shape index (κ2) is 10.2. The molecule has 146 valence electrons. The minimum atomic E-state index is 0.587. The zero-order valence-electron chi connectivity index (χ0n) is 17.1. The van der Waals surface area contributed by atoms with Gasteiger partial charge in [0.1, 0.15) is 0 Å². The van der Waals surface area contributed by atoms with Gasteiger partial charge in [-0.1, -0.05) is 0 Å². The average molecular weight is 419 g/mol. The first-order valence-corrected chi connectivity index (χ1v) is 10.2. The van der Waals surface area contributed by atoms with Crippen molar-refractivity contribution in [2.24, 2.45) is 0 Å². The Kier molecular flexibility index (Phi) is 7.45. The molecule has 0 heterocycles. The van der Waals surface area contributed by atoms with Crippen LogP contribution in [0.4, 0.5) is 5.69 Å². The van der Waals surface area contributed by atoms with Gasteiger partial charge >= 0.3 is 182 Å². The molecule has 0 aliphatic rings. The Morgan fingerprint density at radius 2 is 1.34 bits per heavy atom. The summed E-state index contributed by atoms with van der Waals surface area (Å²) in [7, 11) is 1.62. The Labute approximate surface area is 182 Å². The van der Waals surface area contributed by atoms with Gasteiger partial charge in [0.2, 0.25) is 0 Å². The molecule has 0 atom stereocenters. The predicted molar refractivity (Wildman–Crippen MR) is 118 cm³/mol. The molecule has 3 aromatic carbocycles. The van der Waals surface area contributed by atoms with Gasteiger partial charge in [-0.3, -0.25) is 0 Å². The van der Waals surface area contributed by atoms with E-state index >= 15 is 0 Å². The first-order valence-electron chi connectivity index (χ1n) is 9.60. The van der Waals surface area contributed by atoms with Gasteiger partial charge in [-0.05, 0) is 0 Å². The summed E-state index contributed by atoms with van der Waals surface area (Å²) < 4.78 is 5.75. The van der Waals surface area contributed by atoms with Crippen molar-refractivity contribution < 1.29 is 20.6 Å². The quantitative estimate of drug-likeness (QED) is 0.510. The fourth-order valence-corrected chi connectivity index (χ4v) is 3.16.